The molecule has 0 saturated carbocycles. The van der Waals surface area contributed by atoms with Crippen LogP contribution in [0.3, 0.4) is 0 Å². The van der Waals surface area contributed by atoms with Crippen LogP contribution in [0, 0.1) is 13.8 Å². The number of hydrogen-bond donors (Lipinski definition) is 2. The van der Waals surface area contributed by atoms with Gasteiger partial charge in [0, 0.05) is 18.0 Å². The first kappa shape index (κ1) is 14.1. The Kier molecular flexibility index (Phi) is 6.08. The third-order valence-corrected chi connectivity index (χ3v) is 2.71. The molecule has 1 aromatic heterocycles. The van der Waals surface area contributed by atoms with E-state index >= 15 is 0 Å². The molecule has 4 heteroatoms. The van der Waals surface area contributed by atoms with Gasteiger partial charge in [0.05, 0.1) is 19.3 Å². The average Bonchev–Trinajstić information content (AvgIpc) is 2.62. The minimum absolute atomic E-state index is 0.395. The number of aryl methyl sites for hydroxylation is 2. The second-order valence-electron chi connectivity index (χ2n) is 4.40. The lowest BCUT2D eigenvalue weighted by atomic mass is 10.3. The summed E-state index contributed by atoms with van der Waals surface area (Å²) in [5, 5.41) is 9.73. The first-order chi connectivity index (χ1) is 8.15. The second-order valence-corrected chi connectivity index (χ2v) is 4.40. The van der Waals surface area contributed by atoms with Crippen LogP contribution in [0.2, 0.25) is 0 Å². The summed E-state index contributed by atoms with van der Waals surface area (Å²) in [5.74, 6) is 0. The van der Waals surface area contributed by atoms with Crippen molar-refractivity contribution in [3.05, 3.63) is 23.5 Å². The predicted molar refractivity (Wildman–Crippen MR) is 69.9 cm³/mol. The first-order valence-corrected chi connectivity index (χ1v) is 6.29. The third kappa shape index (κ3) is 4.79. The normalized spacial score (nSPS) is 12.7. The Morgan fingerprint density at radius 2 is 2.00 bits per heavy atom. The van der Waals surface area contributed by atoms with Crippen molar-refractivity contribution in [1.29, 1.82) is 0 Å². The molecule has 2 N–H and O–H groups in total. The Balaban J connectivity index is 2.21. The minimum atomic E-state index is -0.465. The Morgan fingerprint density at radius 3 is 2.59 bits per heavy atom. The zero-order valence-corrected chi connectivity index (χ0v) is 11.1. The van der Waals surface area contributed by atoms with E-state index in [1.165, 1.54) is 0 Å². The summed E-state index contributed by atoms with van der Waals surface area (Å²) in [4.78, 5) is 0. The molecule has 98 valence electrons. The smallest absolute Gasteiger partial charge is 0.0961 e. The van der Waals surface area contributed by atoms with E-state index in [4.69, 9.17) is 4.74 Å². The van der Waals surface area contributed by atoms with E-state index in [0.29, 0.717) is 13.2 Å². The molecule has 0 bridgehead atoms. The third-order valence-electron chi connectivity index (χ3n) is 2.71. The summed E-state index contributed by atoms with van der Waals surface area (Å²) >= 11 is 0. The number of aliphatic hydroxyl groups is 1. The average molecular weight is 240 g/mol. The molecule has 1 heterocycles. The van der Waals surface area contributed by atoms with Crippen molar-refractivity contribution < 1.29 is 9.84 Å². The predicted octanol–water partition coefficient (Wildman–Crippen LogP) is 1.83. The summed E-state index contributed by atoms with van der Waals surface area (Å²) in [6.07, 6.45) is 1.71. The highest BCUT2D eigenvalue weighted by atomic mass is 16.5. The van der Waals surface area contributed by atoms with Crippen molar-refractivity contribution in [1.82, 2.24) is 4.68 Å². The molecule has 4 nitrogen and oxygen atoms in total. The molecule has 0 aliphatic heterocycles. The molecule has 0 fully saturated rings. The van der Waals surface area contributed by atoms with Crippen LogP contribution in [-0.2, 0) is 4.74 Å². The molecule has 1 unspecified atom stereocenters. The van der Waals surface area contributed by atoms with Crippen LogP contribution in [0.15, 0.2) is 12.1 Å². The molecular weight excluding hydrogens is 216 g/mol. The number of unbranched alkanes of at least 4 members (excludes halogenated alkanes) is 1. The van der Waals surface area contributed by atoms with Gasteiger partial charge in [0.2, 0.25) is 0 Å². The van der Waals surface area contributed by atoms with Gasteiger partial charge in [0.25, 0.3) is 0 Å². The van der Waals surface area contributed by atoms with Gasteiger partial charge in [-0.25, -0.2) is 0 Å². The fraction of sp³-hybridized carbons (Fsp3) is 0.692. The highest BCUT2D eigenvalue weighted by Gasteiger charge is 2.05. The minimum Gasteiger partial charge on any atom is -0.389 e. The molecule has 1 aromatic rings. The van der Waals surface area contributed by atoms with E-state index in [2.05, 4.69) is 12.3 Å². The van der Waals surface area contributed by atoms with Crippen LogP contribution in [0.25, 0.3) is 0 Å². The fourth-order valence-corrected chi connectivity index (χ4v) is 1.64. The SMILES string of the molecule is CCCCOCC(O)CNn1c(C)ccc1C. The number of nitrogens with zero attached hydrogens (tertiary/aromatic N) is 1. The van der Waals surface area contributed by atoms with Crippen LogP contribution < -0.4 is 5.43 Å². The summed E-state index contributed by atoms with van der Waals surface area (Å²) in [6, 6.07) is 4.10. The quantitative estimate of drug-likeness (QED) is 0.681. The van der Waals surface area contributed by atoms with Gasteiger partial charge < -0.3 is 15.3 Å². The van der Waals surface area contributed by atoms with Crippen molar-refractivity contribution in [2.24, 2.45) is 0 Å². The molecule has 0 aliphatic carbocycles. The van der Waals surface area contributed by atoms with Crippen LogP contribution >= 0.6 is 0 Å². The van der Waals surface area contributed by atoms with Gasteiger partial charge in [0.1, 0.15) is 0 Å². The van der Waals surface area contributed by atoms with Crippen molar-refractivity contribution in [2.45, 2.75) is 39.7 Å². The summed E-state index contributed by atoms with van der Waals surface area (Å²) in [7, 11) is 0. The highest BCUT2D eigenvalue weighted by molar-refractivity contribution is 5.15. The molecule has 17 heavy (non-hydrogen) atoms. The van der Waals surface area contributed by atoms with Crippen LogP contribution in [0.4, 0.5) is 0 Å². The molecule has 1 atom stereocenters. The molecular formula is C13H24N2O2. The van der Waals surface area contributed by atoms with Crippen LogP contribution in [-0.4, -0.2) is 35.6 Å². The maximum Gasteiger partial charge on any atom is 0.0961 e. The summed E-state index contributed by atoms with van der Waals surface area (Å²) in [5.41, 5.74) is 5.47. The Hall–Kier alpha value is -1.00. The van der Waals surface area contributed by atoms with E-state index in [1.807, 2.05) is 30.7 Å². The van der Waals surface area contributed by atoms with Gasteiger partial charge in [-0.2, -0.15) is 0 Å². The Morgan fingerprint density at radius 1 is 1.35 bits per heavy atom. The largest absolute Gasteiger partial charge is 0.389 e. The number of aromatic nitrogens is 1. The zero-order valence-electron chi connectivity index (χ0n) is 11.1. The van der Waals surface area contributed by atoms with E-state index in [0.717, 1.165) is 30.8 Å². The molecule has 0 saturated heterocycles. The monoisotopic (exact) mass is 240 g/mol. The van der Waals surface area contributed by atoms with Gasteiger partial charge in [0.15, 0.2) is 0 Å². The Labute approximate surface area is 104 Å². The van der Waals surface area contributed by atoms with Crippen molar-refractivity contribution in [3.63, 3.8) is 0 Å². The van der Waals surface area contributed by atoms with Gasteiger partial charge in [-0.05, 0) is 32.4 Å². The second kappa shape index (κ2) is 7.35. The van der Waals surface area contributed by atoms with Gasteiger partial charge in [-0.1, -0.05) is 13.3 Å². The zero-order chi connectivity index (χ0) is 12.7. The van der Waals surface area contributed by atoms with E-state index in [-0.39, 0.29) is 0 Å². The molecule has 0 spiro atoms. The van der Waals surface area contributed by atoms with Crippen molar-refractivity contribution in [3.8, 4) is 0 Å². The number of rotatable bonds is 8. The fourth-order valence-electron chi connectivity index (χ4n) is 1.64. The molecule has 0 aromatic carbocycles. The van der Waals surface area contributed by atoms with Crippen molar-refractivity contribution >= 4 is 0 Å². The molecule has 0 aliphatic rings. The van der Waals surface area contributed by atoms with Crippen LogP contribution in [0.1, 0.15) is 31.2 Å². The van der Waals surface area contributed by atoms with E-state index in [1.54, 1.807) is 0 Å². The van der Waals surface area contributed by atoms with E-state index < -0.39 is 6.10 Å². The summed E-state index contributed by atoms with van der Waals surface area (Å²) in [6.45, 7) is 7.82. The number of nitrogens with one attached hydrogen (secondary N) is 1. The molecule has 0 radical (unpaired) electrons. The van der Waals surface area contributed by atoms with Gasteiger partial charge >= 0.3 is 0 Å². The Bertz CT molecular complexity index is 304. The lowest BCUT2D eigenvalue weighted by Crippen LogP contribution is -2.30. The number of ether oxygens (including phenoxy) is 1. The molecule has 1 rings (SSSR count). The van der Waals surface area contributed by atoms with Gasteiger partial charge in [-0.3, -0.25) is 4.68 Å². The topological polar surface area (TPSA) is 46.4 Å². The first-order valence-electron chi connectivity index (χ1n) is 6.29. The highest BCUT2D eigenvalue weighted by Crippen LogP contribution is 2.03. The number of aliphatic hydroxyl groups excluding tert-OH is 1. The molecule has 0 amide bonds. The number of hydrogen-bond acceptors (Lipinski definition) is 3. The lowest BCUT2D eigenvalue weighted by Gasteiger charge is -2.16. The lowest BCUT2D eigenvalue weighted by molar-refractivity contribution is 0.0409. The van der Waals surface area contributed by atoms with Crippen LogP contribution in [0.5, 0.6) is 0 Å². The maximum absolute atomic E-state index is 9.73. The maximum atomic E-state index is 9.73. The standard InChI is InChI=1S/C13H24N2O2/c1-4-5-8-17-10-13(16)9-14-15-11(2)6-7-12(15)3/h6-7,13-14,16H,4-5,8-10H2,1-3H3. The summed E-state index contributed by atoms with van der Waals surface area (Å²) < 4.78 is 7.35. The van der Waals surface area contributed by atoms with Gasteiger partial charge in [-0.15, -0.1) is 0 Å². The van der Waals surface area contributed by atoms with Crippen molar-refractivity contribution in [2.75, 3.05) is 25.2 Å². The van der Waals surface area contributed by atoms with E-state index in [9.17, 15) is 5.11 Å².